The lowest BCUT2D eigenvalue weighted by molar-refractivity contribution is 0.480. The summed E-state index contributed by atoms with van der Waals surface area (Å²) in [5, 5.41) is 10.9. The number of H-pyrrole nitrogens is 1. The van der Waals surface area contributed by atoms with Gasteiger partial charge >= 0.3 is 0 Å². The zero-order valence-electron chi connectivity index (χ0n) is 7.88. The number of fused-ring (bicyclic) bond motifs is 3. The number of para-hydroxylation sites is 1. The summed E-state index contributed by atoms with van der Waals surface area (Å²) < 4.78 is 0. The predicted octanol–water partition coefficient (Wildman–Crippen LogP) is 2.57. The summed E-state index contributed by atoms with van der Waals surface area (Å²) in [5.41, 5.74) is 3.55. The van der Waals surface area contributed by atoms with Gasteiger partial charge in [0.1, 0.15) is 5.75 Å². The minimum absolute atomic E-state index is 0.358. The van der Waals surface area contributed by atoms with Gasteiger partial charge in [0.15, 0.2) is 0 Å². The van der Waals surface area contributed by atoms with Crippen molar-refractivity contribution < 1.29 is 5.11 Å². The summed E-state index contributed by atoms with van der Waals surface area (Å²) >= 11 is 0. The van der Waals surface area contributed by atoms with E-state index in [0.717, 1.165) is 24.8 Å². The molecule has 3 rings (SSSR count). The van der Waals surface area contributed by atoms with Crippen LogP contribution in [0.15, 0.2) is 18.2 Å². The van der Waals surface area contributed by atoms with Crippen molar-refractivity contribution in [3.63, 3.8) is 0 Å². The summed E-state index contributed by atoms with van der Waals surface area (Å²) in [6, 6.07) is 5.71. The number of hydrogen-bond donors (Lipinski definition) is 2. The molecule has 1 aliphatic rings. The van der Waals surface area contributed by atoms with E-state index in [1.807, 2.05) is 6.07 Å². The molecule has 1 aromatic carbocycles. The fourth-order valence-corrected chi connectivity index (χ4v) is 2.25. The van der Waals surface area contributed by atoms with Crippen LogP contribution < -0.4 is 0 Å². The third-order valence-electron chi connectivity index (χ3n) is 2.95. The van der Waals surface area contributed by atoms with Crippen molar-refractivity contribution in [3.8, 4) is 5.75 Å². The van der Waals surface area contributed by atoms with E-state index in [-0.39, 0.29) is 0 Å². The van der Waals surface area contributed by atoms with Gasteiger partial charge < -0.3 is 10.1 Å². The van der Waals surface area contributed by atoms with E-state index in [1.54, 1.807) is 6.07 Å². The van der Waals surface area contributed by atoms with Gasteiger partial charge in [-0.25, -0.2) is 0 Å². The van der Waals surface area contributed by atoms with Crippen molar-refractivity contribution in [3.05, 3.63) is 35.9 Å². The molecule has 0 saturated heterocycles. The van der Waals surface area contributed by atoms with E-state index in [0.29, 0.717) is 5.75 Å². The Bertz CT molecular complexity index is 484. The molecule has 1 heterocycles. The summed E-state index contributed by atoms with van der Waals surface area (Å²) in [6.07, 6.45) is 5.54. The molecule has 0 bridgehead atoms. The third-order valence-corrected chi connectivity index (χ3v) is 2.95. The molecular weight excluding hydrogens is 174 g/mol. The zero-order valence-corrected chi connectivity index (χ0v) is 7.88. The fraction of sp³-hybridized carbons (Fsp3) is 0.250. The summed E-state index contributed by atoms with van der Waals surface area (Å²) in [5.74, 6) is 0.358. The van der Waals surface area contributed by atoms with E-state index in [2.05, 4.69) is 17.5 Å². The van der Waals surface area contributed by atoms with Crippen molar-refractivity contribution in [1.82, 2.24) is 4.98 Å². The Labute approximate surface area is 82.6 Å². The van der Waals surface area contributed by atoms with E-state index in [4.69, 9.17) is 0 Å². The van der Waals surface area contributed by atoms with Crippen LogP contribution in [0.1, 0.15) is 17.7 Å². The second-order valence-electron chi connectivity index (χ2n) is 3.81. The van der Waals surface area contributed by atoms with Crippen molar-refractivity contribution in [2.24, 2.45) is 0 Å². The predicted molar refractivity (Wildman–Crippen MR) is 56.3 cm³/mol. The van der Waals surface area contributed by atoms with Crippen LogP contribution in [0.5, 0.6) is 5.75 Å². The number of phenolic OH excluding ortho intramolecular Hbond substituents is 1. The van der Waals surface area contributed by atoms with Gasteiger partial charge in [-0.3, -0.25) is 0 Å². The SMILES string of the molecule is Oc1cccc2c3c([nH]c12)CC[CH]C3. The van der Waals surface area contributed by atoms with E-state index >= 15 is 0 Å². The first-order valence-corrected chi connectivity index (χ1v) is 4.99. The molecular formula is C12H12NO. The number of nitrogens with one attached hydrogen (secondary N) is 1. The summed E-state index contributed by atoms with van der Waals surface area (Å²) in [6.45, 7) is 0. The maximum absolute atomic E-state index is 9.68. The largest absolute Gasteiger partial charge is 0.506 e. The Hall–Kier alpha value is -1.44. The van der Waals surface area contributed by atoms with Gasteiger partial charge in [-0.05, 0) is 37.3 Å². The van der Waals surface area contributed by atoms with E-state index in [9.17, 15) is 5.11 Å². The molecule has 2 N–H and O–H groups in total. The number of aromatic nitrogens is 1. The van der Waals surface area contributed by atoms with Gasteiger partial charge in [-0.1, -0.05) is 12.1 Å². The molecule has 0 amide bonds. The number of benzene rings is 1. The maximum Gasteiger partial charge on any atom is 0.139 e. The number of aromatic amines is 1. The normalized spacial score (nSPS) is 15.7. The van der Waals surface area contributed by atoms with E-state index in [1.165, 1.54) is 16.6 Å². The van der Waals surface area contributed by atoms with Crippen molar-refractivity contribution in [2.45, 2.75) is 19.3 Å². The first-order chi connectivity index (χ1) is 6.86. The van der Waals surface area contributed by atoms with Crippen molar-refractivity contribution >= 4 is 10.9 Å². The van der Waals surface area contributed by atoms with Crippen LogP contribution in [0, 0.1) is 6.42 Å². The topological polar surface area (TPSA) is 36.0 Å². The van der Waals surface area contributed by atoms with Gasteiger partial charge in [0.25, 0.3) is 0 Å². The molecule has 2 nitrogen and oxygen atoms in total. The molecule has 0 aliphatic heterocycles. The molecule has 0 atom stereocenters. The highest BCUT2D eigenvalue weighted by Gasteiger charge is 2.16. The van der Waals surface area contributed by atoms with Gasteiger partial charge in [0.2, 0.25) is 0 Å². The minimum atomic E-state index is 0.358. The van der Waals surface area contributed by atoms with Gasteiger partial charge in [-0.15, -0.1) is 0 Å². The highest BCUT2D eigenvalue weighted by molar-refractivity contribution is 5.89. The third kappa shape index (κ3) is 0.969. The Kier molecular flexibility index (Phi) is 1.57. The maximum atomic E-state index is 9.68. The highest BCUT2D eigenvalue weighted by atomic mass is 16.3. The second kappa shape index (κ2) is 2.77. The van der Waals surface area contributed by atoms with Crippen molar-refractivity contribution in [1.29, 1.82) is 0 Å². The van der Waals surface area contributed by atoms with Gasteiger partial charge in [0.05, 0.1) is 5.52 Å². The molecule has 0 spiro atoms. The first kappa shape index (κ1) is 7.92. The lowest BCUT2D eigenvalue weighted by Crippen LogP contribution is -2.00. The Morgan fingerprint density at radius 1 is 1.29 bits per heavy atom. The number of phenols is 1. The lowest BCUT2D eigenvalue weighted by Gasteiger charge is -2.09. The minimum Gasteiger partial charge on any atom is -0.506 e. The van der Waals surface area contributed by atoms with Crippen LogP contribution in [0.4, 0.5) is 0 Å². The molecule has 2 aromatic rings. The number of aromatic hydroxyl groups is 1. The first-order valence-electron chi connectivity index (χ1n) is 4.99. The van der Waals surface area contributed by atoms with Crippen molar-refractivity contribution in [2.75, 3.05) is 0 Å². The highest BCUT2D eigenvalue weighted by Crippen LogP contribution is 2.32. The molecule has 1 aromatic heterocycles. The Morgan fingerprint density at radius 2 is 2.21 bits per heavy atom. The Morgan fingerprint density at radius 3 is 3.14 bits per heavy atom. The van der Waals surface area contributed by atoms with Crippen LogP contribution >= 0.6 is 0 Å². The number of rotatable bonds is 0. The standard InChI is InChI=1S/C12H12NO/c14-11-7-3-5-9-8-4-1-2-6-10(8)13-12(9)11/h1,3,5,7,13-14H,2,4,6H2. The van der Waals surface area contributed by atoms with Gasteiger partial charge in [0, 0.05) is 11.1 Å². The van der Waals surface area contributed by atoms with Gasteiger partial charge in [-0.2, -0.15) is 0 Å². The fourth-order valence-electron chi connectivity index (χ4n) is 2.25. The molecule has 0 saturated carbocycles. The molecule has 1 radical (unpaired) electrons. The molecule has 1 aliphatic carbocycles. The molecule has 2 heteroatoms. The average Bonchev–Trinajstić information content (AvgIpc) is 2.59. The average molecular weight is 186 g/mol. The van der Waals surface area contributed by atoms with E-state index < -0.39 is 0 Å². The molecule has 0 unspecified atom stereocenters. The quantitative estimate of drug-likeness (QED) is 0.651. The molecule has 71 valence electrons. The number of aryl methyl sites for hydroxylation is 1. The summed E-state index contributed by atoms with van der Waals surface area (Å²) in [4.78, 5) is 3.31. The second-order valence-corrected chi connectivity index (χ2v) is 3.81. The monoisotopic (exact) mass is 186 g/mol. The lowest BCUT2D eigenvalue weighted by atomic mass is 9.96. The molecule has 14 heavy (non-hydrogen) atoms. The zero-order chi connectivity index (χ0) is 9.54. The van der Waals surface area contributed by atoms with Crippen LogP contribution in [-0.2, 0) is 12.8 Å². The van der Waals surface area contributed by atoms with Crippen LogP contribution in [-0.4, -0.2) is 10.1 Å². The smallest absolute Gasteiger partial charge is 0.139 e. The number of hydrogen-bond acceptors (Lipinski definition) is 1. The summed E-state index contributed by atoms with van der Waals surface area (Å²) in [7, 11) is 0. The van der Waals surface area contributed by atoms with Crippen LogP contribution in [0.2, 0.25) is 0 Å². The van der Waals surface area contributed by atoms with Crippen LogP contribution in [0.3, 0.4) is 0 Å². The van der Waals surface area contributed by atoms with Crippen LogP contribution in [0.25, 0.3) is 10.9 Å². The molecule has 0 fully saturated rings. The Balaban J connectivity index is 2.36.